The van der Waals surface area contributed by atoms with Crippen molar-refractivity contribution in [3.8, 4) is 0 Å². The van der Waals surface area contributed by atoms with Crippen LogP contribution in [0.15, 0.2) is 54.6 Å². The van der Waals surface area contributed by atoms with Gasteiger partial charge >= 0.3 is 0 Å². The second kappa shape index (κ2) is 5.57. The highest BCUT2D eigenvalue weighted by Gasteiger charge is 2.10. The molecule has 106 valence electrons. The summed E-state index contributed by atoms with van der Waals surface area (Å²) in [6.07, 6.45) is 0.881. The van der Waals surface area contributed by atoms with Gasteiger partial charge in [0.15, 0.2) is 0 Å². The van der Waals surface area contributed by atoms with Crippen LogP contribution in [0.4, 0.5) is 5.82 Å². The van der Waals surface area contributed by atoms with Crippen LogP contribution < -0.4 is 5.73 Å². The molecule has 0 aliphatic carbocycles. The molecule has 0 saturated carbocycles. The van der Waals surface area contributed by atoms with E-state index in [9.17, 15) is 0 Å². The molecule has 2 aromatic carbocycles. The molecule has 0 aliphatic heterocycles. The third-order valence-electron chi connectivity index (χ3n) is 3.85. The highest BCUT2D eigenvalue weighted by molar-refractivity contribution is 5.84. The molecule has 0 aliphatic rings. The van der Waals surface area contributed by atoms with Gasteiger partial charge in [-0.2, -0.15) is 0 Å². The summed E-state index contributed by atoms with van der Waals surface area (Å²) in [7, 11) is 0. The zero-order valence-corrected chi connectivity index (χ0v) is 12.5. The molecule has 2 N–H and O–H groups in total. The fraction of sp³-hybridized carbons (Fsp3) is 0.211. The van der Waals surface area contributed by atoms with Crippen LogP contribution in [-0.2, 0) is 6.42 Å². The van der Waals surface area contributed by atoms with E-state index in [0.717, 1.165) is 17.5 Å². The molecule has 2 nitrogen and oxygen atoms in total. The van der Waals surface area contributed by atoms with E-state index in [2.05, 4.69) is 67.4 Å². The van der Waals surface area contributed by atoms with Crippen LogP contribution in [0.2, 0.25) is 0 Å². The number of nitrogens with zero attached hydrogens (tertiary/aromatic N) is 1. The molecule has 0 fully saturated rings. The minimum atomic E-state index is 0.389. The summed E-state index contributed by atoms with van der Waals surface area (Å²) in [6.45, 7) is 4.29. The van der Waals surface area contributed by atoms with E-state index in [0.29, 0.717) is 11.7 Å². The number of para-hydroxylation sites is 1. The largest absolute Gasteiger partial charge is 0.383 e. The lowest BCUT2D eigenvalue weighted by Gasteiger charge is -2.12. The molecule has 0 atom stereocenters. The zero-order valence-electron chi connectivity index (χ0n) is 12.5. The van der Waals surface area contributed by atoms with Crippen molar-refractivity contribution in [1.82, 2.24) is 4.98 Å². The summed E-state index contributed by atoms with van der Waals surface area (Å²) >= 11 is 0. The van der Waals surface area contributed by atoms with Crippen LogP contribution in [0.1, 0.15) is 36.5 Å². The molecule has 2 heteroatoms. The van der Waals surface area contributed by atoms with Crippen LogP contribution in [0.25, 0.3) is 10.9 Å². The Balaban J connectivity index is 2.10. The molecule has 3 rings (SSSR count). The maximum atomic E-state index is 6.14. The quantitative estimate of drug-likeness (QED) is 0.763. The van der Waals surface area contributed by atoms with Crippen molar-refractivity contribution in [2.45, 2.75) is 26.2 Å². The third-order valence-corrected chi connectivity index (χ3v) is 3.85. The van der Waals surface area contributed by atoms with Crippen molar-refractivity contribution in [2.24, 2.45) is 0 Å². The first-order chi connectivity index (χ1) is 10.1. The van der Waals surface area contributed by atoms with Crippen molar-refractivity contribution >= 4 is 16.7 Å². The smallest absolute Gasteiger partial charge is 0.127 e. The van der Waals surface area contributed by atoms with Gasteiger partial charge in [0.2, 0.25) is 0 Å². The first kappa shape index (κ1) is 13.6. The van der Waals surface area contributed by atoms with Crippen LogP contribution in [-0.4, -0.2) is 4.98 Å². The molecular formula is C19H20N2. The number of hydrogen-bond donors (Lipinski definition) is 1. The maximum Gasteiger partial charge on any atom is 0.127 e. The number of hydrogen-bond acceptors (Lipinski definition) is 2. The molecule has 1 aromatic heterocycles. The Morgan fingerprint density at radius 3 is 2.48 bits per heavy atom. The number of pyridine rings is 1. The molecule has 21 heavy (non-hydrogen) atoms. The Morgan fingerprint density at radius 2 is 1.76 bits per heavy atom. The van der Waals surface area contributed by atoms with Gasteiger partial charge in [0.1, 0.15) is 5.82 Å². The van der Waals surface area contributed by atoms with Crippen LogP contribution >= 0.6 is 0 Å². The zero-order chi connectivity index (χ0) is 14.8. The highest BCUT2D eigenvalue weighted by Crippen LogP contribution is 2.27. The number of benzene rings is 2. The minimum Gasteiger partial charge on any atom is -0.383 e. The van der Waals surface area contributed by atoms with Crippen LogP contribution in [0.3, 0.4) is 0 Å². The summed E-state index contributed by atoms with van der Waals surface area (Å²) in [5.74, 6) is 1.04. The second-order valence-corrected chi connectivity index (χ2v) is 5.77. The highest BCUT2D eigenvalue weighted by atomic mass is 14.8. The van der Waals surface area contributed by atoms with Gasteiger partial charge in [0.05, 0.1) is 5.52 Å². The second-order valence-electron chi connectivity index (χ2n) is 5.77. The Labute approximate surface area is 125 Å². The molecule has 0 bridgehead atoms. The summed E-state index contributed by atoms with van der Waals surface area (Å²) < 4.78 is 0. The average molecular weight is 276 g/mol. The SMILES string of the molecule is CC(C)c1cc2cccc(Cc3ccccc3)c2nc1N. The normalized spacial score (nSPS) is 11.2. The first-order valence-corrected chi connectivity index (χ1v) is 7.37. The summed E-state index contributed by atoms with van der Waals surface area (Å²) in [4.78, 5) is 4.67. The molecule has 0 spiro atoms. The monoisotopic (exact) mass is 276 g/mol. The molecule has 0 radical (unpaired) electrons. The summed E-state index contributed by atoms with van der Waals surface area (Å²) in [5, 5.41) is 1.17. The minimum absolute atomic E-state index is 0.389. The van der Waals surface area contributed by atoms with Gasteiger partial charge in [-0.15, -0.1) is 0 Å². The number of nitrogen functional groups attached to an aromatic ring is 1. The van der Waals surface area contributed by atoms with E-state index >= 15 is 0 Å². The predicted molar refractivity (Wildman–Crippen MR) is 89.5 cm³/mol. The van der Waals surface area contributed by atoms with Gasteiger partial charge in [0.25, 0.3) is 0 Å². The summed E-state index contributed by atoms with van der Waals surface area (Å²) in [5.41, 5.74) is 10.8. The lowest BCUT2D eigenvalue weighted by atomic mass is 9.98. The van der Waals surface area contributed by atoms with Crippen molar-refractivity contribution in [3.05, 3.63) is 71.3 Å². The number of fused-ring (bicyclic) bond motifs is 1. The Morgan fingerprint density at radius 1 is 1.00 bits per heavy atom. The Bertz CT molecular complexity index is 761. The molecule has 1 heterocycles. The van der Waals surface area contributed by atoms with Crippen molar-refractivity contribution in [1.29, 1.82) is 0 Å². The molecule has 0 amide bonds. The molecule has 0 unspecified atom stereocenters. The predicted octanol–water partition coefficient (Wildman–Crippen LogP) is 4.53. The Hall–Kier alpha value is -2.35. The van der Waals surface area contributed by atoms with E-state index < -0.39 is 0 Å². The standard InChI is InChI=1S/C19H20N2/c1-13(2)17-12-16-10-6-9-15(18(16)21-19(17)20)11-14-7-4-3-5-8-14/h3-10,12-13H,11H2,1-2H3,(H2,20,21). The van der Waals surface area contributed by atoms with E-state index in [4.69, 9.17) is 5.73 Å². The number of anilines is 1. The van der Waals surface area contributed by atoms with Gasteiger partial charge in [-0.3, -0.25) is 0 Å². The lowest BCUT2D eigenvalue weighted by Crippen LogP contribution is -2.01. The lowest BCUT2D eigenvalue weighted by molar-refractivity contribution is 0.866. The van der Waals surface area contributed by atoms with Gasteiger partial charge in [0, 0.05) is 5.39 Å². The number of aromatic nitrogens is 1. The van der Waals surface area contributed by atoms with E-state index in [1.165, 1.54) is 16.5 Å². The first-order valence-electron chi connectivity index (χ1n) is 7.37. The van der Waals surface area contributed by atoms with E-state index in [-0.39, 0.29) is 0 Å². The average Bonchev–Trinajstić information content (AvgIpc) is 2.48. The van der Waals surface area contributed by atoms with Gasteiger partial charge in [-0.1, -0.05) is 62.4 Å². The van der Waals surface area contributed by atoms with E-state index in [1.807, 2.05) is 6.07 Å². The molecule has 0 saturated heterocycles. The topological polar surface area (TPSA) is 38.9 Å². The van der Waals surface area contributed by atoms with Crippen LogP contribution in [0.5, 0.6) is 0 Å². The van der Waals surface area contributed by atoms with Gasteiger partial charge in [-0.05, 0) is 35.1 Å². The fourth-order valence-electron chi connectivity index (χ4n) is 2.71. The molecule has 3 aromatic rings. The maximum absolute atomic E-state index is 6.14. The third kappa shape index (κ3) is 2.75. The molecular weight excluding hydrogens is 256 g/mol. The summed E-state index contributed by atoms with van der Waals surface area (Å²) in [6, 6.07) is 19.0. The Kier molecular flexibility index (Phi) is 3.61. The van der Waals surface area contributed by atoms with Gasteiger partial charge < -0.3 is 5.73 Å². The number of rotatable bonds is 3. The van der Waals surface area contributed by atoms with Crippen LogP contribution in [0, 0.1) is 0 Å². The van der Waals surface area contributed by atoms with E-state index in [1.54, 1.807) is 0 Å². The van der Waals surface area contributed by atoms with Crippen molar-refractivity contribution in [3.63, 3.8) is 0 Å². The van der Waals surface area contributed by atoms with Crippen molar-refractivity contribution < 1.29 is 0 Å². The fourth-order valence-corrected chi connectivity index (χ4v) is 2.71. The van der Waals surface area contributed by atoms with Crippen molar-refractivity contribution in [2.75, 3.05) is 5.73 Å². The number of nitrogens with two attached hydrogens (primary N) is 1. The van der Waals surface area contributed by atoms with Gasteiger partial charge in [-0.25, -0.2) is 4.98 Å².